The summed E-state index contributed by atoms with van der Waals surface area (Å²) in [6.45, 7) is 2.88. The van der Waals surface area contributed by atoms with E-state index < -0.39 is 0 Å². The zero-order valence-electron chi connectivity index (χ0n) is 17.6. The molecule has 0 aromatic heterocycles. The molecule has 3 heterocycles. The number of nitrogens with one attached hydrogen (secondary N) is 1. The fourth-order valence-corrected chi connectivity index (χ4v) is 5.61. The molecule has 0 amide bonds. The van der Waals surface area contributed by atoms with Crippen LogP contribution in [-0.4, -0.2) is 30.1 Å². The van der Waals surface area contributed by atoms with Gasteiger partial charge >= 0.3 is 0 Å². The van der Waals surface area contributed by atoms with E-state index in [4.69, 9.17) is 0 Å². The lowest BCUT2D eigenvalue weighted by Crippen LogP contribution is -2.64. The molecule has 2 bridgehead atoms. The molecule has 3 aliphatic heterocycles. The molecule has 3 aromatic carbocycles. The van der Waals surface area contributed by atoms with E-state index in [9.17, 15) is 8.78 Å². The third-order valence-corrected chi connectivity index (χ3v) is 7.01. The fraction of sp³-hybridized carbons (Fsp3) is 0.333. The van der Waals surface area contributed by atoms with Gasteiger partial charge in [-0.3, -0.25) is 4.90 Å². The van der Waals surface area contributed by atoms with Crippen molar-refractivity contribution in [2.45, 2.75) is 37.4 Å². The summed E-state index contributed by atoms with van der Waals surface area (Å²) in [6, 6.07) is 24.5. The first-order valence-electron chi connectivity index (χ1n) is 11.2. The van der Waals surface area contributed by atoms with E-state index in [0.29, 0.717) is 5.92 Å². The Labute approximate surface area is 182 Å². The summed E-state index contributed by atoms with van der Waals surface area (Å²) in [5.41, 5.74) is 3.08. The Kier molecular flexibility index (Phi) is 5.84. The molecule has 0 radical (unpaired) electrons. The Morgan fingerprint density at radius 3 is 2.00 bits per heavy atom. The summed E-state index contributed by atoms with van der Waals surface area (Å²) in [5, 5.41) is 3.84. The third kappa shape index (κ3) is 4.28. The highest BCUT2D eigenvalue weighted by Crippen LogP contribution is 2.42. The highest BCUT2D eigenvalue weighted by Gasteiger charge is 2.46. The summed E-state index contributed by atoms with van der Waals surface area (Å²) in [6.07, 6.45) is 2.34. The van der Waals surface area contributed by atoms with Crippen molar-refractivity contribution < 1.29 is 8.78 Å². The van der Waals surface area contributed by atoms with E-state index in [1.807, 2.05) is 18.2 Å². The molecule has 2 atom stereocenters. The molecule has 2 nitrogen and oxygen atoms in total. The van der Waals surface area contributed by atoms with E-state index in [1.165, 1.54) is 30.5 Å². The van der Waals surface area contributed by atoms with Gasteiger partial charge in [0.2, 0.25) is 0 Å². The number of hydrogen-bond donors (Lipinski definition) is 1. The van der Waals surface area contributed by atoms with E-state index in [-0.39, 0.29) is 29.6 Å². The van der Waals surface area contributed by atoms with Crippen LogP contribution in [-0.2, 0) is 6.54 Å². The molecule has 3 aromatic rings. The van der Waals surface area contributed by atoms with Gasteiger partial charge in [0.05, 0.1) is 0 Å². The van der Waals surface area contributed by atoms with Crippen LogP contribution in [0.2, 0.25) is 0 Å². The van der Waals surface area contributed by atoms with Gasteiger partial charge in [0.15, 0.2) is 0 Å². The lowest BCUT2D eigenvalue weighted by Gasteiger charge is -2.54. The molecule has 4 heteroatoms. The highest BCUT2D eigenvalue weighted by atomic mass is 19.1. The molecule has 0 aliphatic carbocycles. The van der Waals surface area contributed by atoms with Crippen molar-refractivity contribution >= 4 is 0 Å². The zero-order chi connectivity index (χ0) is 21.2. The van der Waals surface area contributed by atoms with Crippen LogP contribution in [0.5, 0.6) is 0 Å². The van der Waals surface area contributed by atoms with Crippen LogP contribution >= 0.6 is 0 Å². The van der Waals surface area contributed by atoms with Crippen LogP contribution in [0.4, 0.5) is 8.78 Å². The lowest BCUT2D eigenvalue weighted by atomic mass is 9.70. The summed E-state index contributed by atoms with van der Waals surface area (Å²) >= 11 is 0. The zero-order valence-corrected chi connectivity index (χ0v) is 17.6. The first-order chi connectivity index (χ1) is 15.2. The molecular weight excluding hydrogens is 390 g/mol. The molecule has 160 valence electrons. The summed E-state index contributed by atoms with van der Waals surface area (Å²) in [5.74, 6) is -0.0153. The van der Waals surface area contributed by atoms with Crippen molar-refractivity contribution in [1.82, 2.24) is 10.2 Å². The molecule has 3 aliphatic rings. The molecule has 6 rings (SSSR count). The van der Waals surface area contributed by atoms with Crippen molar-refractivity contribution in [3.63, 3.8) is 0 Å². The van der Waals surface area contributed by atoms with Gasteiger partial charge < -0.3 is 5.32 Å². The van der Waals surface area contributed by atoms with E-state index in [0.717, 1.165) is 30.8 Å². The Bertz CT molecular complexity index is 969. The van der Waals surface area contributed by atoms with Gasteiger partial charge in [-0.15, -0.1) is 0 Å². The number of piperidine rings is 3. The normalized spacial score (nSPS) is 25.1. The minimum Gasteiger partial charge on any atom is -0.308 e. The average Bonchev–Trinajstić information content (AvgIpc) is 2.80. The Hall–Kier alpha value is -2.56. The van der Waals surface area contributed by atoms with Crippen molar-refractivity contribution in [1.29, 1.82) is 0 Å². The maximum absolute atomic E-state index is 14.2. The van der Waals surface area contributed by atoms with Crippen molar-refractivity contribution in [3.05, 3.63) is 107 Å². The first-order valence-corrected chi connectivity index (χ1v) is 11.2. The summed E-state index contributed by atoms with van der Waals surface area (Å²) in [7, 11) is 0. The average molecular weight is 419 g/mol. The van der Waals surface area contributed by atoms with Crippen LogP contribution in [0.25, 0.3) is 0 Å². The van der Waals surface area contributed by atoms with Crippen LogP contribution in [0, 0.1) is 17.6 Å². The number of rotatable bonds is 6. The van der Waals surface area contributed by atoms with Crippen molar-refractivity contribution in [3.8, 4) is 0 Å². The number of nitrogens with zero attached hydrogens (tertiary/aromatic N) is 1. The van der Waals surface area contributed by atoms with Gasteiger partial charge in [-0.2, -0.15) is 0 Å². The number of benzene rings is 3. The molecule has 3 saturated heterocycles. The Balaban J connectivity index is 1.53. The number of halogens is 2. The predicted octanol–water partition coefficient (Wildman–Crippen LogP) is 5.35. The van der Waals surface area contributed by atoms with E-state index >= 15 is 0 Å². The fourth-order valence-electron chi connectivity index (χ4n) is 5.61. The monoisotopic (exact) mass is 418 g/mol. The standard InChI is InChI=1S/C27H28F2N2/c28-23-10-4-8-21(16-23)25(22-9-5-11-24(29)17-22)27-26(20-12-14-31(27)15-13-20)30-18-19-6-2-1-3-7-19/h1-11,16-17,20,25-27,30H,12-15,18H2/t26-,27-/m1/s1. The SMILES string of the molecule is Fc1cccc(C(c2cccc(F)c2)[C@@H]2[C@H](NCc3ccccc3)C3CCN2CC3)c1. The maximum atomic E-state index is 14.2. The molecule has 31 heavy (non-hydrogen) atoms. The van der Waals surface area contributed by atoms with Crippen molar-refractivity contribution in [2.75, 3.05) is 13.1 Å². The molecule has 0 spiro atoms. The lowest BCUT2D eigenvalue weighted by molar-refractivity contribution is 0.00462. The van der Waals surface area contributed by atoms with Gasteiger partial charge in [-0.1, -0.05) is 54.6 Å². The molecule has 3 fully saturated rings. The largest absolute Gasteiger partial charge is 0.308 e. The van der Waals surface area contributed by atoms with E-state index in [1.54, 1.807) is 24.3 Å². The Morgan fingerprint density at radius 2 is 1.42 bits per heavy atom. The quantitative estimate of drug-likeness (QED) is 0.581. The predicted molar refractivity (Wildman–Crippen MR) is 120 cm³/mol. The molecule has 0 saturated carbocycles. The van der Waals surface area contributed by atoms with Gasteiger partial charge in [0.25, 0.3) is 0 Å². The van der Waals surface area contributed by atoms with Crippen LogP contribution in [0.1, 0.15) is 35.4 Å². The first kappa shape index (κ1) is 20.3. The van der Waals surface area contributed by atoms with Gasteiger partial charge in [-0.25, -0.2) is 8.78 Å². The number of fused-ring (bicyclic) bond motifs is 3. The number of hydrogen-bond acceptors (Lipinski definition) is 2. The minimum absolute atomic E-state index is 0.0947. The molecular formula is C27H28F2N2. The van der Waals surface area contributed by atoms with Gasteiger partial charge in [0, 0.05) is 24.5 Å². The van der Waals surface area contributed by atoms with Crippen molar-refractivity contribution in [2.24, 2.45) is 5.92 Å². The van der Waals surface area contributed by atoms with Crippen LogP contribution in [0.3, 0.4) is 0 Å². The second-order valence-corrected chi connectivity index (χ2v) is 8.84. The van der Waals surface area contributed by atoms with Gasteiger partial charge in [-0.05, 0) is 72.8 Å². The van der Waals surface area contributed by atoms with E-state index in [2.05, 4.69) is 34.5 Å². The summed E-state index contributed by atoms with van der Waals surface area (Å²) < 4.78 is 28.5. The molecule has 0 unspecified atom stereocenters. The maximum Gasteiger partial charge on any atom is 0.123 e. The smallest absolute Gasteiger partial charge is 0.123 e. The minimum atomic E-state index is -0.247. The highest BCUT2D eigenvalue weighted by molar-refractivity contribution is 5.36. The van der Waals surface area contributed by atoms with Crippen LogP contribution in [0.15, 0.2) is 78.9 Å². The second-order valence-electron chi connectivity index (χ2n) is 8.84. The Morgan fingerprint density at radius 1 is 0.806 bits per heavy atom. The topological polar surface area (TPSA) is 15.3 Å². The third-order valence-electron chi connectivity index (χ3n) is 7.01. The summed E-state index contributed by atoms with van der Waals surface area (Å²) in [4.78, 5) is 2.53. The molecule has 1 N–H and O–H groups in total. The van der Waals surface area contributed by atoms with Crippen LogP contribution < -0.4 is 5.32 Å². The van der Waals surface area contributed by atoms with Gasteiger partial charge in [0.1, 0.15) is 11.6 Å². The second kappa shape index (κ2) is 8.89.